The van der Waals surface area contributed by atoms with Gasteiger partial charge in [-0.2, -0.15) is 13.2 Å². The maximum atomic E-state index is 12.2. The summed E-state index contributed by atoms with van der Waals surface area (Å²) in [7, 11) is 1.33. The molecule has 84 valence electrons. The average molecular weight is 222 g/mol. The first-order valence-corrected chi connectivity index (χ1v) is 4.06. The van der Waals surface area contributed by atoms with Gasteiger partial charge in [-0.15, -0.1) is 0 Å². The number of imidazole rings is 1. The van der Waals surface area contributed by atoms with Crippen LogP contribution in [0.1, 0.15) is 24.4 Å². The Bertz CT molecular complexity index is 384. The molecule has 1 heterocycles. The largest absolute Gasteiger partial charge is 0.481 e. The Morgan fingerprint density at radius 2 is 2.13 bits per heavy atom. The van der Waals surface area contributed by atoms with E-state index in [1.54, 1.807) is 0 Å². The minimum absolute atomic E-state index is 0.116. The van der Waals surface area contributed by atoms with E-state index in [4.69, 9.17) is 5.11 Å². The Kier molecular flexibility index (Phi) is 2.74. The van der Waals surface area contributed by atoms with Crippen molar-refractivity contribution in [2.75, 3.05) is 0 Å². The van der Waals surface area contributed by atoms with Gasteiger partial charge in [-0.25, -0.2) is 4.98 Å². The summed E-state index contributed by atoms with van der Waals surface area (Å²) in [4.78, 5) is 13.8. The van der Waals surface area contributed by atoms with E-state index in [0.29, 0.717) is 0 Å². The lowest BCUT2D eigenvalue weighted by molar-refractivity contribution is -0.142. The first-order valence-electron chi connectivity index (χ1n) is 4.06. The monoisotopic (exact) mass is 222 g/mol. The Labute approximate surface area is 83.3 Å². The van der Waals surface area contributed by atoms with Gasteiger partial charge in [-0.1, -0.05) is 0 Å². The van der Waals surface area contributed by atoms with E-state index in [1.807, 2.05) is 0 Å². The van der Waals surface area contributed by atoms with Gasteiger partial charge < -0.3 is 9.67 Å². The molecule has 1 aromatic rings. The predicted molar refractivity (Wildman–Crippen MR) is 44.3 cm³/mol. The molecule has 0 bridgehead atoms. The molecule has 0 aliphatic heterocycles. The molecule has 0 spiro atoms. The molecule has 0 amide bonds. The third kappa shape index (κ3) is 2.28. The maximum Gasteiger partial charge on any atom is 0.434 e. The van der Waals surface area contributed by atoms with E-state index >= 15 is 0 Å². The second kappa shape index (κ2) is 3.56. The second-order valence-corrected chi connectivity index (χ2v) is 3.15. The number of aliphatic carboxylic acids is 1. The van der Waals surface area contributed by atoms with Crippen molar-refractivity contribution in [2.24, 2.45) is 7.05 Å². The van der Waals surface area contributed by atoms with E-state index in [0.717, 1.165) is 10.8 Å². The molecule has 7 heteroatoms. The van der Waals surface area contributed by atoms with Crippen LogP contribution in [0.15, 0.2) is 6.20 Å². The van der Waals surface area contributed by atoms with Gasteiger partial charge in [0.15, 0.2) is 5.69 Å². The summed E-state index contributed by atoms with van der Waals surface area (Å²) in [5.74, 6) is -2.39. The molecule has 1 rings (SSSR count). The fraction of sp³-hybridized carbons (Fsp3) is 0.500. The average Bonchev–Trinajstić information content (AvgIpc) is 2.45. The zero-order valence-corrected chi connectivity index (χ0v) is 8.04. The lowest BCUT2D eigenvalue weighted by Gasteiger charge is -2.04. The molecule has 1 aromatic heterocycles. The first kappa shape index (κ1) is 11.5. The highest BCUT2D eigenvalue weighted by atomic mass is 19.4. The summed E-state index contributed by atoms with van der Waals surface area (Å²) in [5.41, 5.74) is -1.08. The van der Waals surface area contributed by atoms with E-state index < -0.39 is 23.8 Å². The third-order valence-corrected chi connectivity index (χ3v) is 1.96. The van der Waals surface area contributed by atoms with Crippen LogP contribution < -0.4 is 0 Å². The summed E-state index contributed by atoms with van der Waals surface area (Å²) in [6, 6.07) is 0. The van der Waals surface area contributed by atoms with E-state index in [2.05, 4.69) is 4.98 Å². The molecule has 0 radical (unpaired) electrons. The van der Waals surface area contributed by atoms with Gasteiger partial charge >= 0.3 is 12.1 Å². The molecule has 0 saturated heterocycles. The molecule has 1 unspecified atom stereocenters. The summed E-state index contributed by atoms with van der Waals surface area (Å²) >= 11 is 0. The molecule has 0 aliphatic rings. The van der Waals surface area contributed by atoms with Crippen molar-refractivity contribution in [1.82, 2.24) is 9.55 Å². The molecule has 1 N–H and O–H groups in total. The zero-order chi connectivity index (χ0) is 11.8. The van der Waals surface area contributed by atoms with Crippen molar-refractivity contribution in [2.45, 2.75) is 19.0 Å². The molecule has 0 aliphatic carbocycles. The molecule has 4 nitrogen and oxygen atoms in total. The number of carbonyl (C=O) groups is 1. The molecule has 0 aromatic carbocycles. The standard InChI is InChI=1S/C8H9F3N2O2/c1-4(7(14)15)6-12-5(3-13(6)2)8(9,10)11/h3-4H,1-2H3,(H,14,15). The van der Waals surface area contributed by atoms with Gasteiger partial charge in [0.1, 0.15) is 11.7 Å². The van der Waals surface area contributed by atoms with Gasteiger partial charge in [0.25, 0.3) is 0 Å². The summed E-state index contributed by atoms with van der Waals surface area (Å²) in [6.45, 7) is 1.28. The van der Waals surface area contributed by atoms with Crippen molar-refractivity contribution in [1.29, 1.82) is 0 Å². The second-order valence-electron chi connectivity index (χ2n) is 3.15. The number of aromatic nitrogens is 2. The third-order valence-electron chi connectivity index (χ3n) is 1.96. The van der Waals surface area contributed by atoms with Crippen LogP contribution in [0.5, 0.6) is 0 Å². The van der Waals surface area contributed by atoms with Gasteiger partial charge in [-0.3, -0.25) is 4.79 Å². The molecular formula is C8H9F3N2O2. The number of nitrogens with zero attached hydrogens (tertiary/aromatic N) is 2. The van der Waals surface area contributed by atoms with Gasteiger partial charge in [0.05, 0.1) is 0 Å². The van der Waals surface area contributed by atoms with Crippen LogP contribution in [-0.4, -0.2) is 20.6 Å². The Hall–Kier alpha value is -1.53. The normalized spacial score (nSPS) is 13.9. The van der Waals surface area contributed by atoms with Gasteiger partial charge in [0, 0.05) is 13.2 Å². The highest BCUT2D eigenvalue weighted by molar-refractivity contribution is 5.74. The molecule has 15 heavy (non-hydrogen) atoms. The number of carboxylic acid groups (broad SMARTS) is 1. The van der Waals surface area contributed by atoms with Crippen LogP contribution in [0.25, 0.3) is 0 Å². The van der Waals surface area contributed by atoms with Crippen LogP contribution in [0, 0.1) is 0 Å². The summed E-state index contributed by atoms with van der Waals surface area (Å²) < 4.78 is 37.7. The number of hydrogen-bond donors (Lipinski definition) is 1. The number of halogens is 3. The SMILES string of the molecule is CC(C(=O)O)c1nc(C(F)(F)F)cn1C. The number of carboxylic acids is 1. The lowest BCUT2D eigenvalue weighted by atomic mass is 10.2. The van der Waals surface area contributed by atoms with Crippen molar-refractivity contribution in [3.63, 3.8) is 0 Å². The molecule has 0 fully saturated rings. The van der Waals surface area contributed by atoms with Crippen molar-refractivity contribution < 1.29 is 23.1 Å². The number of aryl methyl sites for hydroxylation is 1. The molecular weight excluding hydrogens is 213 g/mol. The minimum Gasteiger partial charge on any atom is -0.481 e. The van der Waals surface area contributed by atoms with Crippen LogP contribution in [-0.2, 0) is 18.0 Å². The van der Waals surface area contributed by atoms with Crippen molar-refractivity contribution >= 4 is 5.97 Å². The summed E-state index contributed by atoms with van der Waals surface area (Å²) in [6.07, 6.45) is -3.77. The predicted octanol–water partition coefficient (Wildman–Crippen LogP) is 1.63. The quantitative estimate of drug-likeness (QED) is 0.827. The maximum absolute atomic E-state index is 12.2. The fourth-order valence-electron chi connectivity index (χ4n) is 1.13. The molecule has 0 saturated carbocycles. The Morgan fingerprint density at radius 3 is 2.47 bits per heavy atom. The highest BCUT2D eigenvalue weighted by Crippen LogP contribution is 2.29. The van der Waals surface area contributed by atoms with Crippen molar-refractivity contribution in [3.05, 3.63) is 17.7 Å². The zero-order valence-electron chi connectivity index (χ0n) is 8.04. The first-order chi connectivity index (χ1) is 6.73. The van der Waals surface area contributed by atoms with E-state index in [9.17, 15) is 18.0 Å². The van der Waals surface area contributed by atoms with Gasteiger partial charge in [-0.05, 0) is 6.92 Å². The van der Waals surface area contributed by atoms with Crippen LogP contribution in [0.3, 0.4) is 0 Å². The highest BCUT2D eigenvalue weighted by Gasteiger charge is 2.35. The smallest absolute Gasteiger partial charge is 0.434 e. The van der Waals surface area contributed by atoms with Crippen molar-refractivity contribution in [3.8, 4) is 0 Å². The van der Waals surface area contributed by atoms with E-state index in [-0.39, 0.29) is 5.82 Å². The lowest BCUT2D eigenvalue weighted by Crippen LogP contribution is -2.12. The van der Waals surface area contributed by atoms with E-state index in [1.165, 1.54) is 14.0 Å². The summed E-state index contributed by atoms with van der Waals surface area (Å²) in [5, 5.41) is 8.64. The van der Waals surface area contributed by atoms with Crippen LogP contribution in [0.4, 0.5) is 13.2 Å². The number of alkyl halides is 3. The Balaban J connectivity index is 3.12. The van der Waals surface area contributed by atoms with Crippen LogP contribution >= 0.6 is 0 Å². The Morgan fingerprint density at radius 1 is 1.60 bits per heavy atom. The van der Waals surface area contributed by atoms with Crippen LogP contribution in [0.2, 0.25) is 0 Å². The molecule has 1 atom stereocenters. The fourth-order valence-corrected chi connectivity index (χ4v) is 1.13. The number of rotatable bonds is 2. The van der Waals surface area contributed by atoms with Gasteiger partial charge in [0.2, 0.25) is 0 Å². The number of hydrogen-bond acceptors (Lipinski definition) is 2. The minimum atomic E-state index is -4.55. The topological polar surface area (TPSA) is 55.1 Å².